The summed E-state index contributed by atoms with van der Waals surface area (Å²) in [6.07, 6.45) is 0. The molecule has 0 amide bonds. The van der Waals surface area contributed by atoms with Gasteiger partial charge in [-0.3, -0.25) is 0 Å². The van der Waals surface area contributed by atoms with E-state index in [0.717, 1.165) is 49.7 Å². The minimum atomic E-state index is -0.199. The Morgan fingerprint density at radius 2 is 0.980 bits per heavy atom. The molecule has 0 spiro atoms. The van der Waals surface area contributed by atoms with Crippen molar-refractivity contribution in [1.29, 1.82) is 5.26 Å². The summed E-state index contributed by atoms with van der Waals surface area (Å²) in [4.78, 5) is 15.2. The second-order valence-corrected chi connectivity index (χ2v) is 13.6. The highest BCUT2D eigenvalue weighted by Gasteiger charge is 2.35. The third-order valence-corrected chi connectivity index (χ3v) is 10.2. The lowest BCUT2D eigenvalue weighted by Crippen LogP contribution is -2.15. The van der Waals surface area contributed by atoms with Crippen molar-refractivity contribution in [3.63, 3.8) is 0 Å². The van der Waals surface area contributed by atoms with E-state index < -0.39 is 0 Å². The second-order valence-electron chi connectivity index (χ2n) is 13.6. The standard InChI is InChI=1S/C47H32N4/c1-47(2)41-27-30(29-48)17-24-39(41)40-26-23-36(28-42(40)47)31-18-20-33(21-19-31)38-25-22-32-11-9-10-16-37(32)43(38)46-50-44(34-12-5-3-6-13-34)49-45(51-46)35-14-7-4-8-15-35/h3-28H,1-2H3. The summed E-state index contributed by atoms with van der Waals surface area (Å²) in [5.74, 6) is 1.91. The molecular formula is C47H32N4. The van der Waals surface area contributed by atoms with Crippen LogP contribution in [-0.4, -0.2) is 15.0 Å². The van der Waals surface area contributed by atoms with Gasteiger partial charge >= 0.3 is 0 Å². The summed E-state index contributed by atoms with van der Waals surface area (Å²) in [5, 5.41) is 11.8. The fraction of sp³-hybridized carbons (Fsp3) is 0.0638. The van der Waals surface area contributed by atoms with E-state index in [1.54, 1.807) is 0 Å². The number of nitriles is 1. The molecule has 0 fully saturated rings. The van der Waals surface area contributed by atoms with E-state index in [2.05, 4.69) is 105 Å². The smallest absolute Gasteiger partial charge is 0.165 e. The summed E-state index contributed by atoms with van der Waals surface area (Å²) >= 11 is 0. The molecule has 1 aromatic heterocycles. The normalized spacial score (nSPS) is 12.6. The predicted molar refractivity (Wildman–Crippen MR) is 207 cm³/mol. The maximum Gasteiger partial charge on any atom is 0.165 e. The fourth-order valence-electron chi connectivity index (χ4n) is 7.50. The first-order valence-corrected chi connectivity index (χ1v) is 17.2. The van der Waals surface area contributed by atoms with Crippen LogP contribution in [0, 0.1) is 11.3 Å². The zero-order valence-electron chi connectivity index (χ0n) is 28.3. The van der Waals surface area contributed by atoms with Gasteiger partial charge in [-0.25, -0.2) is 15.0 Å². The van der Waals surface area contributed by atoms with Gasteiger partial charge in [0.05, 0.1) is 11.6 Å². The summed E-state index contributed by atoms with van der Waals surface area (Å²) < 4.78 is 0. The Morgan fingerprint density at radius 3 is 1.65 bits per heavy atom. The van der Waals surface area contributed by atoms with Gasteiger partial charge in [0, 0.05) is 22.1 Å². The highest BCUT2D eigenvalue weighted by atomic mass is 15.0. The Kier molecular flexibility index (Phi) is 7.15. The molecule has 0 atom stereocenters. The van der Waals surface area contributed by atoms with Crippen molar-refractivity contribution in [3.05, 3.63) is 174 Å². The van der Waals surface area contributed by atoms with Crippen molar-refractivity contribution < 1.29 is 0 Å². The van der Waals surface area contributed by atoms with E-state index >= 15 is 0 Å². The molecule has 0 saturated carbocycles. The van der Waals surface area contributed by atoms with Gasteiger partial charge in [0.15, 0.2) is 17.5 Å². The number of nitrogens with zero attached hydrogens (tertiary/aromatic N) is 4. The maximum atomic E-state index is 9.55. The molecule has 240 valence electrons. The average molecular weight is 653 g/mol. The Balaban J connectivity index is 1.17. The zero-order valence-corrected chi connectivity index (χ0v) is 28.3. The third kappa shape index (κ3) is 5.19. The minimum absolute atomic E-state index is 0.199. The molecule has 1 aliphatic rings. The molecule has 0 aliphatic heterocycles. The number of fused-ring (bicyclic) bond motifs is 4. The molecule has 0 N–H and O–H groups in total. The van der Waals surface area contributed by atoms with Crippen LogP contribution < -0.4 is 0 Å². The summed E-state index contributed by atoms with van der Waals surface area (Å²) in [6.45, 7) is 4.50. The topological polar surface area (TPSA) is 62.5 Å². The van der Waals surface area contributed by atoms with Gasteiger partial charge in [0.25, 0.3) is 0 Å². The van der Waals surface area contributed by atoms with Crippen molar-refractivity contribution in [2.24, 2.45) is 0 Å². The van der Waals surface area contributed by atoms with Crippen molar-refractivity contribution in [2.75, 3.05) is 0 Å². The zero-order chi connectivity index (χ0) is 34.5. The van der Waals surface area contributed by atoms with Crippen molar-refractivity contribution in [1.82, 2.24) is 15.0 Å². The second kappa shape index (κ2) is 12.0. The Morgan fingerprint density at radius 1 is 0.451 bits per heavy atom. The van der Waals surface area contributed by atoms with Gasteiger partial charge in [-0.1, -0.05) is 153 Å². The van der Waals surface area contributed by atoms with Gasteiger partial charge in [-0.05, 0) is 73.5 Å². The van der Waals surface area contributed by atoms with Crippen molar-refractivity contribution >= 4 is 10.8 Å². The van der Waals surface area contributed by atoms with E-state index in [0.29, 0.717) is 23.0 Å². The van der Waals surface area contributed by atoms with E-state index in [-0.39, 0.29) is 5.41 Å². The van der Waals surface area contributed by atoms with Crippen LogP contribution in [0.3, 0.4) is 0 Å². The number of aromatic nitrogens is 3. The van der Waals surface area contributed by atoms with Crippen LogP contribution in [0.2, 0.25) is 0 Å². The van der Waals surface area contributed by atoms with E-state index in [4.69, 9.17) is 15.0 Å². The molecule has 4 heteroatoms. The minimum Gasteiger partial charge on any atom is -0.208 e. The molecule has 7 aromatic carbocycles. The number of benzene rings is 7. The highest BCUT2D eigenvalue weighted by molar-refractivity contribution is 6.03. The average Bonchev–Trinajstić information content (AvgIpc) is 3.42. The molecule has 4 nitrogen and oxygen atoms in total. The molecule has 1 heterocycles. The molecule has 8 aromatic rings. The van der Waals surface area contributed by atoms with Crippen LogP contribution in [0.4, 0.5) is 0 Å². The fourth-order valence-corrected chi connectivity index (χ4v) is 7.50. The predicted octanol–water partition coefficient (Wildman–Crippen LogP) is 11.5. The molecule has 0 saturated heterocycles. The van der Waals surface area contributed by atoms with Gasteiger partial charge in [0.2, 0.25) is 0 Å². The Labute approximate surface area is 297 Å². The molecule has 1 aliphatic carbocycles. The monoisotopic (exact) mass is 652 g/mol. The molecule has 0 radical (unpaired) electrons. The first kappa shape index (κ1) is 30.4. The first-order chi connectivity index (χ1) is 25.0. The largest absolute Gasteiger partial charge is 0.208 e. The Bertz CT molecular complexity index is 2600. The summed E-state index contributed by atoms with van der Waals surface area (Å²) in [6, 6.07) is 56.9. The van der Waals surface area contributed by atoms with Gasteiger partial charge < -0.3 is 0 Å². The Hall–Kier alpha value is -6.70. The van der Waals surface area contributed by atoms with E-state index in [9.17, 15) is 5.26 Å². The van der Waals surface area contributed by atoms with Crippen LogP contribution in [0.25, 0.3) is 78.3 Å². The molecular weight excluding hydrogens is 621 g/mol. The SMILES string of the molecule is CC1(C)c2cc(C#N)ccc2-c2ccc(-c3ccc(-c4ccc5ccccc5c4-c4nc(-c5ccccc5)nc(-c5ccccc5)n4)cc3)cc21. The van der Waals surface area contributed by atoms with Crippen LogP contribution in [0.15, 0.2) is 158 Å². The van der Waals surface area contributed by atoms with Crippen LogP contribution in [0.1, 0.15) is 30.5 Å². The van der Waals surface area contributed by atoms with Gasteiger partial charge in [0.1, 0.15) is 0 Å². The quantitative estimate of drug-likeness (QED) is 0.186. The van der Waals surface area contributed by atoms with Gasteiger partial charge in [-0.2, -0.15) is 5.26 Å². The lowest BCUT2D eigenvalue weighted by atomic mass is 9.81. The van der Waals surface area contributed by atoms with E-state index in [1.807, 2.05) is 72.8 Å². The lowest BCUT2D eigenvalue weighted by Gasteiger charge is -2.22. The highest BCUT2D eigenvalue weighted by Crippen LogP contribution is 2.50. The maximum absolute atomic E-state index is 9.55. The van der Waals surface area contributed by atoms with Crippen molar-refractivity contribution in [3.8, 4) is 73.6 Å². The third-order valence-electron chi connectivity index (χ3n) is 10.2. The van der Waals surface area contributed by atoms with Crippen LogP contribution in [-0.2, 0) is 5.41 Å². The summed E-state index contributed by atoms with van der Waals surface area (Å²) in [5.41, 5.74) is 12.7. The van der Waals surface area contributed by atoms with Crippen LogP contribution in [0.5, 0.6) is 0 Å². The number of rotatable bonds is 5. The lowest BCUT2D eigenvalue weighted by molar-refractivity contribution is 0.660. The van der Waals surface area contributed by atoms with Crippen LogP contribution >= 0.6 is 0 Å². The summed E-state index contributed by atoms with van der Waals surface area (Å²) in [7, 11) is 0. The van der Waals surface area contributed by atoms with Crippen molar-refractivity contribution in [2.45, 2.75) is 19.3 Å². The number of hydrogen-bond donors (Lipinski definition) is 0. The number of hydrogen-bond acceptors (Lipinski definition) is 4. The van der Waals surface area contributed by atoms with Gasteiger partial charge in [-0.15, -0.1) is 0 Å². The molecule has 0 bridgehead atoms. The molecule has 51 heavy (non-hydrogen) atoms. The molecule has 9 rings (SSSR count). The first-order valence-electron chi connectivity index (χ1n) is 17.2. The molecule has 0 unspecified atom stereocenters. The van der Waals surface area contributed by atoms with E-state index in [1.165, 1.54) is 22.3 Å².